The van der Waals surface area contributed by atoms with E-state index in [4.69, 9.17) is 18.0 Å². The number of nitrogens with two attached hydrogens (primary N) is 1. The third-order valence-electron chi connectivity index (χ3n) is 2.87. The van der Waals surface area contributed by atoms with Crippen molar-refractivity contribution >= 4 is 29.1 Å². The van der Waals surface area contributed by atoms with E-state index >= 15 is 0 Å². The van der Waals surface area contributed by atoms with Gasteiger partial charge in [-0.3, -0.25) is 0 Å². The second-order valence-electron chi connectivity index (χ2n) is 4.83. The summed E-state index contributed by atoms with van der Waals surface area (Å²) >= 11 is 5.06. The number of guanidine groups is 1. The van der Waals surface area contributed by atoms with Crippen molar-refractivity contribution in [1.29, 1.82) is 0 Å². The molecule has 0 fully saturated rings. The zero-order chi connectivity index (χ0) is 18.2. The average molecular weight is 363 g/mol. The minimum atomic E-state index is -4.41. The molecule has 0 saturated carbocycles. The molecule has 0 bridgehead atoms. The molecule has 0 aliphatic carbocycles. The molecule has 1 aromatic heterocycles. The quantitative estimate of drug-likeness (QED) is 0.342. The number of nitrogens with zero attached hydrogens (tertiary/aromatic N) is 3. The predicted molar refractivity (Wildman–Crippen MR) is 90.8 cm³/mol. The molecule has 11 heteroatoms. The van der Waals surface area contributed by atoms with E-state index in [0.29, 0.717) is 17.4 Å². The molecule has 0 amide bonds. The van der Waals surface area contributed by atoms with Crippen LogP contribution in [0.3, 0.4) is 0 Å². The molecule has 134 valence electrons. The lowest BCUT2D eigenvalue weighted by Gasteiger charge is -2.17. The van der Waals surface area contributed by atoms with Gasteiger partial charge in [-0.2, -0.15) is 13.2 Å². The van der Waals surface area contributed by atoms with Gasteiger partial charge in [0.15, 0.2) is 11.1 Å². The highest BCUT2D eigenvalue weighted by atomic mass is 32.1. The van der Waals surface area contributed by atoms with Crippen LogP contribution in [-0.2, 0) is 6.42 Å². The Morgan fingerprint density at radius 3 is 2.75 bits per heavy atom. The van der Waals surface area contributed by atoms with E-state index in [-0.39, 0.29) is 17.8 Å². The predicted octanol–water partition coefficient (Wildman–Crippen LogP) is 1.18. The molecule has 0 spiro atoms. The lowest BCUT2D eigenvalue weighted by Crippen LogP contribution is -2.41. The zero-order valence-electron chi connectivity index (χ0n) is 13.3. The number of anilines is 1. The largest absolute Gasteiger partial charge is 0.408 e. The van der Waals surface area contributed by atoms with Gasteiger partial charge in [0.1, 0.15) is 18.2 Å². The molecule has 1 aromatic rings. The van der Waals surface area contributed by atoms with Gasteiger partial charge in [0, 0.05) is 25.7 Å². The van der Waals surface area contributed by atoms with Crippen LogP contribution in [-0.4, -0.2) is 46.9 Å². The number of nitrogens with one attached hydrogen (secondary N) is 3. The summed E-state index contributed by atoms with van der Waals surface area (Å²) in [4.78, 5) is 11.6. The number of hydrogen-bond acceptors (Lipinski definition) is 4. The summed E-state index contributed by atoms with van der Waals surface area (Å²) in [5.74, 6) is 0.412. The van der Waals surface area contributed by atoms with E-state index < -0.39 is 12.7 Å². The highest BCUT2D eigenvalue weighted by Gasteiger charge is 2.26. The molecule has 0 saturated heterocycles. The van der Waals surface area contributed by atoms with Crippen LogP contribution in [0.25, 0.3) is 0 Å². The van der Waals surface area contributed by atoms with Gasteiger partial charge in [0.2, 0.25) is 0 Å². The van der Waals surface area contributed by atoms with Crippen molar-refractivity contribution in [2.75, 3.05) is 18.9 Å². The van der Waals surface area contributed by atoms with Crippen LogP contribution >= 0.6 is 12.2 Å². The fraction of sp³-hybridized carbons (Fsp3) is 0.538. The Morgan fingerprint density at radius 1 is 1.46 bits per heavy atom. The number of aliphatic imine (C=N–C) groups is 1. The summed E-state index contributed by atoms with van der Waals surface area (Å²) in [5.41, 5.74) is 5.42. The molecule has 1 atom stereocenters. The fourth-order valence-corrected chi connectivity index (χ4v) is 1.85. The third kappa shape index (κ3) is 7.90. The Kier molecular flexibility index (Phi) is 7.62. The Hall–Kier alpha value is -2.17. The van der Waals surface area contributed by atoms with Crippen molar-refractivity contribution in [3.63, 3.8) is 0 Å². The summed E-state index contributed by atoms with van der Waals surface area (Å²) in [5, 5.41) is 8.96. The van der Waals surface area contributed by atoms with Gasteiger partial charge in [0.05, 0.1) is 0 Å². The van der Waals surface area contributed by atoms with Crippen molar-refractivity contribution in [3.05, 3.63) is 18.1 Å². The van der Waals surface area contributed by atoms with Gasteiger partial charge in [0.25, 0.3) is 0 Å². The maximum absolute atomic E-state index is 12.1. The molecule has 0 aliphatic heterocycles. The van der Waals surface area contributed by atoms with E-state index in [1.54, 1.807) is 7.05 Å². The number of hydrogen-bond donors (Lipinski definition) is 4. The molecular weight excluding hydrogens is 343 g/mol. The number of thiocarbonyl (C=S) groups is 1. The second-order valence-corrected chi connectivity index (χ2v) is 5.24. The maximum Gasteiger partial charge on any atom is 0.408 e. The normalized spacial score (nSPS) is 13.3. The molecule has 1 rings (SSSR count). The summed E-state index contributed by atoms with van der Waals surface area (Å²) in [6.45, 7) is 0.632. The van der Waals surface area contributed by atoms with Crippen LogP contribution in [0.2, 0.25) is 0 Å². The Morgan fingerprint density at radius 2 is 2.17 bits per heavy atom. The molecule has 0 radical (unpaired) electrons. The Balaban J connectivity index is 2.70. The number of halogens is 3. The van der Waals surface area contributed by atoms with Crippen molar-refractivity contribution in [2.45, 2.75) is 32.0 Å². The number of alkyl halides is 3. The molecule has 0 aliphatic rings. The van der Waals surface area contributed by atoms with Gasteiger partial charge in [-0.25, -0.2) is 15.0 Å². The first kappa shape index (κ1) is 19.9. The first-order chi connectivity index (χ1) is 11.2. The first-order valence-corrected chi connectivity index (χ1v) is 7.58. The van der Waals surface area contributed by atoms with E-state index in [1.165, 1.54) is 12.3 Å². The summed E-state index contributed by atoms with van der Waals surface area (Å²) < 4.78 is 36.3. The standard InChI is InChI=1S/C13H20F3N7S/c1-3-8(21-12(24)18-2)6-10-19-5-4-9(22-10)23-11(17)20-7-13(14,15)16/h4-5,8H,3,6-7H2,1-2H3,(H2,18,21,24)(H3,17,19,20,22,23). The van der Waals surface area contributed by atoms with Crippen molar-refractivity contribution < 1.29 is 13.2 Å². The third-order valence-corrected chi connectivity index (χ3v) is 3.20. The lowest BCUT2D eigenvalue weighted by atomic mass is 10.1. The highest BCUT2D eigenvalue weighted by Crippen LogP contribution is 2.14. The Labute approximate surface area is 143 Å². The van der Waals surface area contributed by atoms with Crippen LogP contribution in [0.1, 0.15) is 19.2 Å². The second kappa shape index (κ2) is 9.21. The summed E-state index contributed by atoms with van der Waals surface area (Å²) in [7, 11) is 1.71. The van der Waals surface area contributed by atoms with Crippen LogP contribution in [0, 0.1) is 0 Å². The number of aromatic nitrogens is 2. The van der Waals surface area contributed by atoms with Gasteiger partial charge in [-0.05, 0) is 24.7 Å². The van der Waals surface area contributed by atoms with Crippen molar-refractivity contribution in [2.24, 2.45) is 10.7 Å². The van der Waals surface area contributed by atoms with E-state index in [2.05, 4.69) is 30.9 Å². The first-order valence-electron chi connectivity index (χ1n) is 7.17. The van der Waals surface area contributed by atoms with Crippen molar-refractivity contribution in [3.8, 4) is 0 Å². The van der Waals surface area contributed by atoms with Crippen molar-refractivity contribution in [1.82, 2.24) is 20.6 Å². The van der Waals surface area contributed by atoms with Gasteiger partial charge < -0.3 is 21.7 Å². The van der Waals surface area contributed by atoms with E-state index in [9.17, 15) is 13.2 Å². The van der Waals surface area contributed by atoms with Crippen LogP contribution in [0.5, 0.6) is 0 Å². The lowest BCUT2D eigenvalue weighted by molar-refractivity contribution is -0.118. The minimum absolute atomic E-state index is 0.0245. The molecule has 5 N–H and O–H groups in total. The van der Waals surface area contributed by atoms with Crippen LogP contribution in [0.4, 0.5) is 19.0 Å². The summed E-state index contributed by atoms with van der Waals surface area (Å²) in [6.07, 6.45) is -1.63. The topological polar surface area (TPSA) is 100 Å². The highest BCUT2D eigenvalue weighted by molar-refractivity contribution is 7.80. The molecular formula is C13H20F3N7S. The molecule has 7 nitrogen and oxygen atoms in total. The van der Waals surface area contributed by atoms with Gasteiger partial charge in [-0.15, -0.1) is 0 Å². The summed E-state index contributed by atoms with van der Waals surface area (Å²) in [6, 6.07) is 1.52. The molecule has 1 heterocycles. The molecule has 24 heavy (non-hydrogen) atoms. The molecule has 0 aromatic carbocycles. The Bertz CT molecular complexity index is 577. The van der Waals surface area contributed by atoms with E-state index in [0.717, 1.165) is 6.42 Å². The fourth-order valence-electron chi connectivity index (χ4n) is 1.69. The van der Waals surface area contributed by atoms with Gasteiger partial charge in [-0.1, -0.05) is 6.92 Å². The van der Waals surface area contributed by atoms with E-state index in [1.807, 2.05) is 6.92 Å². The zero-order valence-corrected chi connectivity index (χ0v) is 14.1. The smallest absolute Gasteiger partial charge is 0.370 e. The average Bonchev–Trinajstić information content (AvgIpc) is 2.51. The number of rotatable bonds is 6. The van der Waals surface area contributed by atoms with Crippen LogP contribution in [0.15, 0.2) is 17.3 Å². The maximum atomic E-state index is 12.1. The minimum Gasteiger partial charge on any atom is -0.370 e. The van der Waals surface area contributed by atoms with Gasteiger partial charge >= 0.3 is 6.18 Å². The monoisotopic (exact) mass is 363 g/mol. The molecule has 1 unspecified atom stereocenters. The SMILES string of the molecule is CCC(Cc1nccc(NC(N)=NCC(F)(F)F)n1)NC(=S)NC. The van der Waals surface area contributed by atoms with Crippen LogP contribution < -0.4 is 21.7 Å².